The van der Waals surface area contributed by atoms with Gasteiger partial charge in [-0.05, 0) is 59.1 Å². The molecule has 1 fully saturated rings. The second-order valence-corrected chi connectivity index (χ2v) is 6.43. The molecule has 1 aromatic heterocycles. The summed E-state index contributed by atoms with van der Waals surface area (Å²) in [5.74, 6) is -0.263. The van der Waals surface area contributed by atoms with Crippen molar-refractivity contribution >= 4 is 27.7 Å². The van der Waals surface area contributed by atoms with Gasteiger partial charge in [0.05, 0.1) is 18.4 Å². The molecule has 7 heteroatoms. The smallest absolute Gasteiger partial charge is 0.255 e. The number of rotatable bonds is 4. The second kappa shape index (κ2) is 7.17. The third-order valence-corrected chi connectivity index (χ3v) is 4.65. The lowest BCUT2D eigenvalue weighted by Crippen LogP contribution is -2.45. The first kappa shape index (κ1) is 16.7. The van der Waals surface area contributed by atoms with Crippen molar-refractivity contribution in [2.24, 2.45) is 0 Å². The number of nitrogens with zero attached hydrogens (tertiary/aromatic N) is 1. The van der Waals surface area contributed by atoms with Gasteiger partial charge in [0.25, 0.3) is 5.91 Å². The van der Waals surface area contributed by atoms with Crippen molar-refractivity contribution in [3.05, 3.63) is 58.2 Å². The molecule has 1 unspecified atom stereocenters. The summed E-state index contributed by atoms with van der Waals surface area (Å²) < 4.78 is 18.8. The number of carbonyl (C=O) groups is 2. The first-order valence-electron chi connectivity index (χ1n) is 7.62. The van der Waals surface area contributed by atoms with E-state index in [1.165, 1.54) is 23.1 Å². The van der Waals surface area contributed by atoms with E-state index in [1.54, 1.807) is 18.4 Å². The van der Waals surface area contributed by atoms with Gasteiger partial charge >= 0.3 is 0 Å². The molecule has 1 aliphatic heterocycles. The zero-order valence-electron chi connectivity index (χ0n) is 12.8. The van der Waals surface area contributed by atoms with Gasteiger partial charge in [0.2, 0.25) is 5.91 Å². The average molecular weight is 395 g/mol. The molecule has 0 bridgehead atoms. The van der Waals surface area contributed by atoms with Gasteiger partial charge < -0.3 is 14.6 Å². The summed E-state index contributed by atoms with van der Waals surface area (Å²) in [7, 11) is 0. The van der Waals surface area contributed by atoms with E-state index in [4.69, 9.17) is 4.42 Å². The minimum Gasteiger partial charge on any atom is -0.467 e. The fraction of sp³-hybridized carbons (Fsp3) is 0.294. The Kier molecular flexibility index (Phi) is 4.99. The molecule has 5 nitrogen and oxygen atoms in total. The lowest BCUT2D eigenvalue weighted by molar-refractivity contribution is -0.125. The monoisotopic (exact) mass is 394 g/mol. The van der Waals surface area contributed by atoms with Crippen molar-refractivity contribution in [1.82, 2.24) is 10.2 Å². The van der Waals surface area contributed by atoms with Crippen LogP contribution in [0.15, 0.2) is 45.5 Å². The van der Waals surface area contributed by atoms with Crippen LogP contribution < -0.4 is 5.32 Å². The van der Waals surface area contributed by atoms with Crippen molar-refractivity contribution in [2.75, 3.05) is 6.54 Å². The third-order valence-electron chi connectivity index (χ3n) is 3.99. The van der Waals surface area contributed by atoms with Crippen LogP contribution in [-0.2, 0) is 11.3 Å². The van der Waals surface area contributed by atoms with Crippen LogP contribution in [0, 0.1) is 5.82 Å². The SMILES string of the molecule is O=C(NCc1ccco1)C1CCCN1C(=O)c1ccc(F)cc1Br. The van der Waals surface area contributed by atoms with Crippen molar-refractivity contribution < 1.29 is 18.4 Å². The number of amides is 2. The Hall–Kier alpha value is -2.15. The molecule has 126 valence electrons. The van der Waals surface area contributed by atoms with E-state index in [1.807, 2.05) is 0 Å². The topological polar surface area (TPSA) is 62.6 Å². The Morgan fingerprint density at radius 2 is 2.21 bits per heavy atom. The Morgan fingerprint density at radius 1 is 1.38 bits per heavy atom. The maximum atomic E-state index is 13.2. The summed E-state index contributed by atoms with van der Waals surface area (Å²) in [5, 5.41) is 2.79. The fourth-order valence-electron chi connectivity index (χ4n) is 2.81. The number of carbonyl (C=O) groups excluding carboxylic acids is 2. The summed E-state index contributed by atoms with van der Waals surface area (Å²) in [6.45, 7) is 0.784. The minimum absolute atomic E-state index is 0.213. The van der Waals surface area contributed by atoms with Crippen LogP contribution in [0.1, 0.15) is 29.0 Å². The van der Waals surface area contributed by atoms with E-state index in [2.05, 4.69) is 21.2 Å². The van der Waals surface area contributed by atoms with Gasteiger partial charge in [-0.15, -0.1) is 0 Å². The molecule has 2 aromatic rings. The van der Waals surface area contributed by atoms with E-state index >= 15 is 0 Å². The lowest BCUT2D eigenvalue weighted by Gasteiger charge is -2.24. The Balaban J connectivity index is 1.70. The molecule has 24 heavy (non-hydrogen) atoms. The lowest BCUT2D eigenvalue weighted by atomic mass is 10.1. The third kappa shape index (κ3) is 3.51. The first-order chi connectivity index (χ1) is 11.6. The molecular weight excluding hydrogens is 379 g/mol. The second-order valence-electron chi connectivity index (χ2n) is 5.58. The fourth-order valence-corrected chi connectivity index (χ4v) is 3.33. The van der Waals surface area contributed by atoms with E-state index in [9.17, 15) is 14.0 Å². The molecular formula is C17H16BrFN2O3. The predicted octanol–water partition coefficient (Wildman–Crippen LogP) is 3.10. The molecule has 1 saturated heterocycles. The normalized spacial score (nSPS) is 17.1. The highest BCUT2D eigenvalue weighted by Crippen LogP contribution is 2.25. The molecule has 1 atom stereocenters. The van der Waals surface area contributed by atoms with Crippen LogP contribution in [0.3, 0.4) is 0 Å². The molecule has 1 aromatic carbocycles. The molecule has 3 rings (SSSR count). The number of hydrogen-bond donors (Lipinski definition) is 1. The Morgan fingerprint density at radius 3 is 2.92 bits per heavy atom. The highest BCUT2D eigenvalue weighted by Gasteiger charge is 2.35. The van der Waals surface area contributed by atoms with Crippen LogP contribution in [0.2, 0.25) is 0 Å². The quantitative estimate of drug-likeness (QED) is 0.866. The predicted molar refractivity (Wildman–Crippen MR) is 88.7 cm³/mol. The Labute approximate surface area is 146 Å². The highest BCUT2D eigenvalue weighted by molar-refractivity contribution is 9.10. The Bertz CT molecular complexity index is 748. The van der Waals surface area contributed by atoms with Crippen molar-refractivity contribution in [3.63, 3.8) is 0 Å². The van der Waals surface area contributed by atoms with Crippen LogP contribution in [-0.4, -0.2) is 29.3 Å². The summed E-state index contributed by atoms with van der Waals surface area (Å²) in [6, 6.07) is 6.91. The molecule has 2 amide bonds. The van der Waals surface area contributed by atoms with Crippen molar-refractivity contribution in [3.8, 4) is 0 Å². The molecule has 0 radical (unpaired) electrons. The van der Waals surface area contributed by atoms with E-state index in [-0.39, 0.29) is 18.4 Å². The molecule has 0 spiro atoms. The molecule has 2 heterocycles. The van der Waals surface area contributed by atoms with Gasteiger partial charge in [-0.1, -0.05) is 0 Å². The standard InChI is InChI=1S/C17H16BrFN2O3/c18-14-9-11(19)5-6-13(14)17(23)21-7-1-4-15(21)16(22)20-10-12-3-2-8-24-12/h2-3,5-6,8-9,15H,1,4,7,10H2,(H,20,22). The maximum absolute atomic E-state index is 13.2. The van der Waals surface area contributed by atoms with Crippen molar-refractivity contribution in [2.45, 2.75) is 25.4 Å². The molecule has 0 saturated carbocycles. The number of nitrogens with one attached hydrogen (secondary N) is 1. The van der Waals surface area contributed by atoms with Gasteiger partial charge in [-0.2, -0.15) is 0 Å². The first-order valence-corrected chi connectivity index (χ1v) is 8.41. The number of hydrogen-bond acceptors (Lipinski definition) is 3. The zero-order chi connectivity index (χ0) is 17.1. The van der Waals surface area contributed by atoms with Gasteiger partial charge in [0.15, 0.2) is 0 Å². The van der Waals surface area contributed by atoms with Crippen LogP contribution in [0.4, 0.5) is 4.39 Å². The number of benzene rings is 1. The molecule has 0 aliphatic carbocycles. The van der Waals surface area contributed by atoms with E-state index < -0.39 is 11.9 Å². The summed E-state index contributed by atoms with van der Waals surface area (Å²) >= 11 is 3.21. The maximum Gasteiger partial charge on any atom is 0.255 e. The van der Waals surface area contributed by atoms with E-state index in [0.717, 1.165) is 6.42 Å². The zero-order valence-corrected chi connectivity index (χ0v) is 14.4. The number of likely N-dealkylation sites (tertiary alicyclic amines) is 1. The molecule has 1 N–H and O–H groups in total. The molecule has 1 aliphatic rings. The van der Waals surface area contributed by atoms with Gasteiger partial charge in [0.1, 0.15) is 17.6 Å². The average Bonchev–Trinajstić information content (AvgIpc) is 3.23. The highest BCUT2D eigenvalue weighted by atomic mass is 79.9. The number of halogens is 2. The summed E-state index contributed by atoms with van der Waals surface area (Å²) in [6.07, 6.45) is 2.90. The van der Waals surface area contributed by atoms with Crippen molar-refractivity contribution in [1.29, 1.82) is 0 Å². The van der Waals surface area contributed by atoms with Gasteiger partial charge in [0, 0.05) is 11.0 Å². The van der Waals surface area contributed by atoms with Crippen LogP contribution in [0.25, 0.3) is 0 Å². The van der Waals surface area contributed by atoms with Crippen LogP contribution in [0.5, 0.6) is 0 Å². The minimum atomic E-state index is -0.524. The van der Waals surface area contributed by atoms with Crippen LogP contribution >= 0.6 is 15.9 Å². The summed E-state index contributed by atoms with van der Waals surface area (Å²) in [4.78, 5) is 26.6. The van der Waals surface area contributed by atoms with Gasteiger partial charge in [-0.25, -0.2) is 4.39 Å². The number of furan rings is 1. The summed E-state index contributed by atoms with van der Waals surface area (Å²) in [5.41, 5.74) is 0.349. The van der Waals surface area contributed by atoms with E-state index in [0.29, 0.717) is 28.8 Å². The largest absolute Gasteiger partial charge is 0.467 e. The van der Waals surface area contributed by atoms with Gasteiger partial charge in [-0.3, -0.25) is 9.59 Å².